The minimum absolute atomic E-state index is 0.0396. The number of carbonyl (C=O) groups is 2. The van der Waals surface area contributed by atoms with E-state index in [1.165, 1.54) is 56.1 Å². The Morgan fingerprint density at radius 2 is 1.61 bits per heavy atom. The Kier molecular flexibility index (Phi) is 5.81. The Labute approximate surface area is 229 Å². The number of carboxylic acids is 1. The van der Waals surface area contributed by atoms with E-state index in [0.29, 0.717) is 40.1 Å². The minimum Gasteiger partial charge on any atom is -0.478 e. The molecule has 206 valence electrons. The molecule has 4 saturated carbocycles. The van der Waals surface area contributed by atoms with Crippen LogP contribution in [-0.2, 0) is 4.79 Å². The van der Waals surface area contributed by atoms with Gasteiger partial charge in [0.1, 0.15) is 0 Å². The van der Waals surface area contributed by atoms with Crippen molar-refractivity contribution < 1.29 is 14.7 Å². The highest BCUT2D eigenvalue weighted by atomic mass is 16.4. The molecule has 8 atom stereocenters. The molecule has 1 amide bonds. The number of carboxylic acid groups (broad SMARTS) is 1. The van der Waals surface area contributed by atoms with E-state index in [1.54, 1.807) is 12.1 Å². The van der Waals surface area contributed by atoms with Gasteiger partial charge in [-0.2, -0.15) is 0 Å². The fourth-order valence-corrected chi connectivity index (χ4v) is 11.8. The van der Waals surface area contributed by atoms with Crippen LogP contribution in [0.25, 0.3) is 5.57 Å². The second-order valence-electron chi connectivity index (χ2n) is 15.0. The lowest BCUT2D eigenvalue weighted by atomic mass is 9.33. The van der Waals surface area contributed by atoms with Gasteiger partial charge in [0.25, 0.3) is 0 Å². The van der Waals surface area contributed by atoms with Crippen LogP contribution >= 0.6 is 0 Å². The van der Waals surface area contributed by atoms with Crippen LogP contribution < -0.4 is 5.32 Å². The van der Waals surface area contributed by atoms with Gasteiger partial charge in [-0.05, 0) is 126 Å². The summed E-state index contributed by atoms with van der Waals surface area (Å²) in [4.78, 5) is 23.0. The summed E-state index contributed by atoms with van der Waals surface area (Å²) in [5, 5.41) is 12.7. The van der Waals surface area contributed by atoms with E-state index >= 15 is 0 Å². The normalized spacial score (nSPS) is 45.0. The van der Waals surface area contributed by atoms with Gasteiger partial charge in [-0.15, -0.1) is 0 Å². The molecular weight excluding hydrogens is 470 g/mol. The van der Waals surface area contributed by atoms with Gasteiger partial charge >= 0.3 is 5.97 Å². The molecule has 0 heterocycles. The van der Waals surface area contributed by atoms with Crippen LogP contribution in [0, 0.1) is 45.3 Å². The summed E-state index contributed by atoms with van der Waals surface area (Å²) in [6, 6.07) is 7.55. The monoisotopic (exact) mass is 517 g/mol. The molecule has 0 saturated heterocycles. The van der Waals surface area contributed by atoms with Crippen LogP contribution in [0.3, 0.4) is 0 Å². The maximum atomic E-state index is 11.6. The van der Waals surface area contributed by atoms with Crippen molar-refractivity contribution in [3.05, 3.63) is 41.5 Å². The molecule has 1 aromatic carbocycles. The molecule has 4 heteroatoms. The maximum Gasteiger partial charge on any atom is 0.335 e. The highest BCUT2D eigenvalue weighted by Crippen LogP contribution is 2.76. The third-order valence-corrected chi connectivity index (χ3v) is 13.7. The van der Waals surface area contributed by atoms with Gasteiger partial charge in [0.05, 0.1) is 5.56 Å². The van der Waals surface area contributed by atoms with Gasteiger partial charge in [-0.3, -0.25) is 4.79 Å². The molecule has 4 nitrogen and oxygen atoms in total. The molecule has 5 aliphatic rings. The summed E-state index contributed by atoms with van der Waals surface area (Å²) in [7, 11) is 0. The summed E-state index contributed by atoms with van der Waals surface area (Å²) >= 11 is 0. The van der Waals surface area contributed by atoms with E-state index in [1.807, 2.05) is 12.1 Å². The molecule has 5 aliphatic carbocycles. The fraction of sp³-hybridized carbons (Fsp3) is 0.706. The van der Waals surface area contributed by atoms with Gasteiger partial charge in [0.2, 0.25) is 6.41 Å². The first kappa shape index (κ1) is 26.1. The zero-order valence-corrected chi connectivity index (χ0v) is 24.1. The standard InChI is InChI=1S/C34H47NO3/c1-30(2)24(22-8-10-23(11-9-22)29(37)38)14-17-31(3)27(30)15-18-33(5)28(31)13-12-25-26-7-6-16-34(26,35-21-36)20-19-32(25,33)4/h8-11,14,21,25-28H,6-7,12-13,15-20H2,1-5H3,(H,35,36)(H,37,38)/t25-,26?,27?,28?,31+,32-,33-,34+/m1/s1. The van der Waals surface area contributed by atoms with E-state index in [0.717, 1.165) is 25.7 Å². The lowest BCUT2D eigenvalue weighted by Gasteiger charge is -2.72. The molecule has 38 heavy (non-hydrogen) atoms. The number of hydrogen-bond donors (Lipinski definition) is 2. The molecule has 6 rings (SSSR count). The van der Waals surface area contributed by atoms with Crippen LogP contribution in [0.5, 0.6) is 0 Å². The first-order chi connectivity index (χ1) is 17.9. The number of nitrogens with one attached hydrogen (secondary N) is 1. The molecule has 0 aromatic heterocycles. The van der Waals surface area contributed by atoms with Crippen molar-refractivity contribution in [3.63, 3.8) is 0 Å². The summed E-state index contributed by atoms with van der Waals surface area (Å²) in [6.45, 7) is 12.8. The van der Waals surface area contributed by atoms with Crippen LogP contribution in [0.1, 0.15) is 115 Å². The number of benzene rings is 1. The number of aromatic carboxylic acids is 1. The van der Waals surface area contributed by atoms with Gasteiger partial charge in [-0.1, -0.05) is 59.2 Å². The van der Waals surface area contributed by atoms with Gasteiger partial charge < -0.3 is 10.4 Å². The van der Waals surface area contributed by atoms with Gasteiger partial charge in [-0.25, -0.2) is 4.79 Å². The minimum atomic E-state index is -0.865. The molecule has 3 unspecified atom stereocenters. The summed E-state index contributed by atoms with van der Waals surface area (Å²) in [5.41, 5.74) is 3.94. The maximum absolute atomic E-state index is 11.6. The lowest BCUT2D eigenvalue weighted by Crippen LogP contribution is -2.67. The Morgan fingerprint density at radius 1 is 0.868 bits per heavy atom. The van der Waals surface area contributed by atoms with Crippen LogP contribution in [0.2, 0.25) is 0 Å². The van der Waals surface area contributed by atoms with E-state index < -0.39 is 5.97 Å². The Hall–Kier alpha value is -2.10. The van der Waals surface area contributed by atoms with Crippen molar-refractivity contribution in [3.8, 4) is 0 Å². The number of allylic oxidation sites excluding steroid dienone is 2. The van der Waals surface area contributed by atoms with Crippen molar-refractivity contribution in [2.45, 2.75) is 104 Å². The molecule has 0 radical (unpaired) electrons. The van der Waals surface area contributed by atoms with Crippen molar-refractivity contribution in [1.82, 2.24) is 5.32 Å². The van der Waals surface area contributed by atoms with Gasteiger partial charge in [0.15, 0.2) is 0 Å². The number of rotatable bonds is 4. The molecule has 4 fully saturated rings. The van der Waals surface area contributed by atoms with E-state index in [4.69, 9.17) is 0 Å². The quantitative estimate of drug-likeness (QED) is 0.402. The number of amides is 1. The molecular formula is C34H47NO3. The number of hydrogen-bond acceptors (Lipinski definition) is 2. The van der Waals surface area contributed by atoms with Crippen LogP contribution in [0.15, 0.2) is 30.3 Å². The highest BCUT2D eigenvalue weighted by Gasteiger charge is 2.69. The molecule has 0 aliphatic heterocycles. The van der Waals surface area contributed by atoms with E-state index in [2.05, 4.69) is 46.0 Å². The lowest BCUT2D eigenvalue weighted by molar-refractivity contribution is -0.216. The van der Waals surface area contributed by atoms with Crippen molar-refractivity contribution in [2.75, 3.05) is 0 Å². The van der Waals surface area contributed by atoms with Crippen molar-refractivity contribution in [2.24, 2.45) is 45.3 Å². The second-order valence-corrected chi connectivity index (χ2v) is 15.0. The average molecular weight is 518 g/mol. The smallest absolute Gasteiger partial charge is 0.335 e. The first-order valence-electron chi connectivity index (χ1n) is 15.2. The van der Waals surface area contributed by atoms with Crippen LogP contribution in [0.4, 0.5) is 0 Å². The second kappa shape index (κ2) is 8.45. The zero-order chi connectivity index (χ0) is 27.1. The molecule has 0 spiro atoms. The van der Waals surface area contributed by atoms with E-state index in [-0.39, 0.29) is 16.4 Å². The van der Waals surface area contributed by atoms with Crippen molar-refractivity contribution >= 4 is 18.0 Å². The van der Waals surface area contributed by atoms with Crippen molar-refractivity contribution in [1.29, 1.82) is 0 Å². The Bertz CT molecular complexity index is 1170. The third-order valence-electron chi connectivity index (χ3n) is 13.7. The number of carbonyl (C=O) groups excluding carboxylic acids is 1. The molecule has 0 bridgehead atoms. The Balaban J connectivity index is 1.34. The first-order valence-corrected chi connectivity index (χ1v) is 15.2. The predicted molar refractivity (Wildman–Crippen MR) is 152 cm³/mol. The fourth-order valence-electron chi connectivity index (χ4n) is 11.8. The summed E-state index contributed by atoms with van der Waals surface area (Å²) < 4.78 is 0. The average Bonchev–Trinajstić information content (AvgIpc) is 3.28. The van der Waals surface area contributed by atoms with E-state index in [9.17, 15) is 14.7 Å². The molecule has 2 N–H and O–H groups in total. The Morgan fingerprint density at radius 3 is 2.29 bits per heavy atom. The highest BCUT2D eigenvalue weighted by molar-refractivity contribution is 5.88. The van der Waals surface area contributed by atoms with Gasteiger partial charge in [0, 0.05) is 5.54 Å². The molecule has 1 aromatic rings. The zero-order valence-electron chi connectivity index (χ0n) is 24.1. The number of fused-ring (bicyclic) bond motifs is 7. The summed E-state index contributed by atoms with van der Waals surface area (Å²) in [6.07, 6.45) is 15.9. The topological polar surface area (TPSA) is 66.4 Å². The third kappa shape index (κ3) is 3.27. The summed E-state index contributed by atoms with van der Waals surface area (Å²) in [5.74, 6) is 1.80. The SMILES string of the molecule is CC1(C)C(c2ccc(C(=O)O)cc2)=CC[C@@]2(C)C1CC[C@]1(C)C2CC[C@@H]2C3CCC[C@]3(NC=O)CC[C@]21C. The largest absolute Gasteiger partial charge is 0.478 e. The van der Waals surface area contributed by atoms with Crippen LogP contribution in [-0.4, -0.2) is 23.0 Å². The predicted octanol–water partition coefficient (Wildman–Crippen LogP) is 7.73.